The number of hydrogen-bond acceptors (Lipinski definition) is 6. The number of aryl methyl sites for hydroxylation is 1. The van der Waals surface area contributed by atoms with Gasteiger partial charge in [-0.2, -0.15) is 5.10 Å². The molecule has 8 heteroatoms. The van der Waals surface area contributed by atoms with Crippen LogP contribution in [0.25, 0.3) is 16.5 Å². The maximum atomic E-state index is 13.3. The van der Waals surface area contributed by atoms with Gasteiger partial charge in [0.05, 0.1) is 24.6 Å². The van der Waals surface area contributed by atoms with Gasteiger partial charge < -0.3 is 14.8 Å². The number of Topliss-reactive ketones (excluding diaryl/α,β-unsaturated/α-hetero) is 1. The molecule has 3 aromatic carbocycles. The zero-order valence-corrected chi connectivity index (χ0v) is 23.6. The molecule has 0 radical (unpaired) electrons. The Hall–Kier alpha value is -4.01. The maximum Gasteiger partial charge on any atom is 0.298 e. The number of benzene rings is 3. The van der Waals surface area contributed by atoms with E-state index in [0.29, 0.717) is 12.3 Å². The second-order valence-corrected chi connectivity index (χ2v) is 11.2. The SMILES string of the molecule is Cc1ccc(-n2nc(C(=O)C(=O)Nc3ccc(OCCN4CCOCC4)c4ccccc34)cc2C(C)(C)C)cc1. The van der Waals surface area contributed by atoms with Crippen LogP contribution in [0, 0.1) is 6.92 Å². The zero-order chi connectivity index (χ0) is 28.3. The molecule has 0 saturated carbocycles. The minimum Gasteiger partial charge on any atom is -0.492 e. The lowest BCUT2D eigenvalue weighted by atomic mass is 9.91. The molecule has 0 atom stereocenters. The summed E-state index contributed by atoms with van der Waals surface area (Å²) in [5.41, 5.74) is 3.17. The number of rotatable bonds is 8. The van der Waals surface area contributed by atoms with Crippen LogP contribution in [0.3, 0.4) is 0 Å². The molecule has 1 fully saturated rings. The molecule has 208 valence electrons. The Labute approximate surface area is 234 Å². The van der Waals surface area contributed by atoms with E-state index in [4.69, 9.17) is 9.47 Å². The fraction of sp³-hybridized carbons (Fsp3) is 0.344. The molecule has 2 heterocycles. The van der Waals surface area contributed by atoms with Gasteiger partial charge in [-0.15, -0.1) is 0 Å². The van der Waals surface area contributed by atoms with E-state index in [1.807, 2.05) is 61.5 Å². The highest BCUT2D eigenvalue weighted by molar-refractivity contribution is 6.46. The maximum absolute atomic E-state index is 13.3. The highest BCUT2D eigenvalue weighted by Crippen LogP contribution is 2.32. The smallest absolute Gasteiger partial charge is 0.298 e. The molecule has 1 aliphatic heterocycles. The molecule has 1 saturated heterocycles. The van der Waals surface area contributed by atoms with Crippen molar-refractivity contribution in [2.24, 2.45) is 0 Å². The summed E-state index contributed by atoms with van der Waals surface area (Å²) < 4.78 is 13.3. The molecule has 0 unspecified atom stereocenters. The molecule has 4 aromatic rings. The Morgan fingerprint density at radius 2 is 1.68 bits per heavy atom. The molecule has 1 aromatic heterocycles. The van der Waals surface area contributed by atoms with Gasteiger partial charge >= 0.3 is 0 Å². The number of carbonyl (C=O) groups excluding carboxylic acids is 2. The number of nitrogens with zero attached hydrogens (tertiary/aromatic N) is 3. The lowest BCUT2D eigenvalue weighted by Gasteiger charge is -2.26. The average molecular weight is 541 g/mol. The topological polar surface area (TPSA) is 85.7 Å². The molecule has 0 bridgehead atoms. The van der Waals surface area contributed by atoms with Crippen molar-refractivity contribution in [3.8, 4) is 11.4 Å². The third kappa shape index (κ3) is 6.08. The van der Waals surface area contributed by atoms with Crippen LogP contribution in [0.2, 0.25) is 0 Å². The van der Waals surface area contributed by atoms with Crippen molar-refractivity contribution >= 4 is 28.2 Å². The van der Waals surface area contributed by atoms with Crippen molar-refractivity contribution in [1.82, 2.24) is 14.7 Å². The first-order valence-corrected chi connectivity index (χ1v) is 13.7. The van der Waals surface area contributed by atoms with Gasteiger partial charge in [-0.3, -0.25) is 14.5 Å². The second kappa shape index (κ2) is 11.6. The minimum atomic E-state index is -0.736. The van der Waals surface area contributed by atoms with Crippen LogP contribution in [0.5, 0.6) is 5.75 Å². The number of aromatic nitrogens is 2. The molecular weight excluding hydrogens is 504 g/mol. The van der Waals surface area contributed by atoms with Gasteiger partial charge in [-0.25, -0.2) is 4.68 Å². The van der Waals surface area contributed by atoms with Crippen molar-refractivity contribution in [2.45, 2.75) is 33.1 Å². The van der Waals surface area contributed by atoms with Crippen LogP contribution in [0.1, 0.15) is 42.5 Å². The number of carbonyl (C=O) groups is 2. The summed E-state index contributed by atoms with van der Waals surface area (Å²) in [7, 11) is 0. The van der Waals surface area contributed by atoms with E-state index in [0.717, 1.165) is 66.3 Å². The zero-order valence-electron chi connectivity index (χ0n) is 23.6. The Morgan fingerprint density at radius 3 is 2.38 bits per heavy atom. The van der Waals surface area contributed by atoms with E-state index < -0.39 is 11.7 Å². The van der Waals surface area contributed by atoms with Gasteiger partial charge in [0.2, 0.25) is 0 Å². The standard InChI is InChI=1S/C32H36N4O4/c1-22-9-11-23(12-10-22)36-29(32(2,3)4)21-27(34-36)30(37)31(38)33-26-13-14-28(25-8-6-5-7-24(25)26)40-20-17-35-15-18-39-19-16-35/h5-14,21H,15-20H2,1-4H3,(H,33,38). The largest absolute Gasteiger partial charge is 0.492 e. The summed E-state index contributed by atoms with van der Waals surface area (Å²) in [6, 6.07) is 20.9. The molecule has 8 nitrogen and oxygen atoms in total. The third-order valence-electron chi connectivity index (χ3n) is 7.10. The predicted molar refractivity (Wildman–Crippen MR) is 157 cm³/mol. The summed E-state index contributed by atoms with van der Waals surface area (Å²) >= 11 is 0. The van der Waals surface area contributed by atoms with Crippen molar-refractivity contribution in [3.05, 3.63) is 83.7 Å². The quantitative estimate of drug-likeness (QED) is 0.245. The molecule has 40 heavy (non-hydrogen) atoms. The van der Waals surface area contributed by atoms with Gasteiger partial charge in [0, 0.05) is 41.5 Å². The summed E-state index contributed by atoms with van der Waals surface area (Å²) in [5, 5.41) is 9.05. The fourth-order valence-corrected chi connectivity index (χ4v) is 4.82. The van der Waals surface area contributed by atoms with Crippen LogP contribution in [-0.4, -0.2) is 65.8 Å². The number of nitrogens with one attached hydrogen (secondary N) is 1. The Balaban J connectivity index is 1.35. The predicted octanol–water partition coefficient (Wildman–Crippen LogP) is 5.16. The number of ketones is 1. The highest BCUT2D eigenvalue weighted by atomic mass is 16.5. The molecule has 0 aliphatic carbocycles. The fourth-order valence-electron chi connectivity index (χ4n) is 4.82. The summed E-state index contributed by atoms with van der Waals surface area (Å²) in [5.74, 6) is -0.689. The first-order chi connectivity index (χ1) is 19.2. The second-order valence-electron chi connectivity index (χ2n) is 11.2. The van der Waals surface area contributed by atoms with Gasteiger partial charge in [0.25, 0.3) is 11.7 Å². The Kier molecular flexibility index (Phi) is 8.00. The van der Waals surface area contributed by atoms with E-state index in [-0.39, 0.29) is 11.1 Å². The molecule has 1 amide bonds. The number of anilines is 1. The molecule has 1 N–H and O–H groups in total. The molecule has 0 spiro atoms. The van der Waals surface area contributed by atoms with Gasteiger partial charge in [0.15, 0.2) is 0 Å². The van der Waals surface area contributed by atoms with Gasteiger partial charge in [-0.1, -0.05) is 62.7 Å². The first-order valence-electron chi connectivity index (χ1n) is 13.7. The monoisotopic (exact) mass is 540 g/mol. The number of amides is 1. The number of hydrogen-bond donors (Lipinski definition) is 1. The number of fused-ring (bicyclic) bond motifs is 1. The van der Waals surface area contributed by atoms with E-state index in [1.165, 1.54) is 0 Å². The van der Waals surface area contributed by atoms with E-state index >= 15 is 0 Å². The average Bonchev–Trinajstić information content (AvgIpc) is 3.41. The van der Waals surface area contributed by atoms with Gasteiger partial charge in [-0.05, 0) is 37.3 Å². The van der Waals surface area contributed by atoms with Crippen LogP contribution in [0.15, 0.2) is 66.7 Å². The van der Waals surface area contributed by atoms with Crippen molar-refractivity contribution in [2.75, 3.05) is 44.8 Å². The number of ether oxygens (including phenoxy) is 2. The van der Waals surface area contributed by atoms with E-state index in [9.17, 15) is 9.59 Å². The first kappa shape index (κ1) is 27.6. The van der Waals surface area contributed by atoms with Crippen LogP contribution in [0.4, 0.5) is 5.69 Å². The molecule has 5 rings (SSSR count). The Morgan fingerprint density at radius 1 is 0.975 bits per heavy atom. The normalized spacial score (nSPS) is 14.3. The third-order valence-corrected chi connectivity index (χ3v) is 7.10. The van der Waals surface area contributed by atoms with Crippen molar-refractivity contribution < 1.29 is 19.1 Å². The molecule has 1 aliphatic rings. The Bertz CT molecular complexity index is 1510. The van der Waals surface area contributed by atoms with E-state index in [2.05, 4.69) is 36.1 Å². The van der Waals surface area contributed by atoms with Crippen molar-refractivity contribution in [1.29, 1.82) is 0 Å². The van der Waals surface area contributed by atoms with Crippen molar-refractivity contribution in [3.63, 3.8) is 0 Å². The lowest BCUT2D eigenvalue weighted by Crippen LogP contribution is -2.38. The summed E-state index contributed by atoms with van der Waals surface area (Å²) in [6.45, 7) is 12.9. The minimum absolute atomic E-state index is 0.107. The van der Waals surface area contributed by atoms with E-state index in [1.54, 1.807) is 16.8 Å². The molecular formula is C32H36N4O4. The summed E-state index contributed by atoms with van der Waals surface area (Å²) in [4.78, 5) is 28.8. The van der Waals surface area contributed by atoms with Crippen LogP contribution >= 0.6 is 0 Å². The summed E-state index contributed by atoms with van der Waals surface area (Å²) in [6.07, 6.45) is 0. The van der Waals surface area contributed by atoms with Gasteiger partial charge in [0.1, 0.15) is 18.1 Å². The van der Waals surface area contributed by atoms with Crippen LogP contribution < -0.4 is 10.1 Å². The number of morpholine rings is 1. The van der Waals surface area contributed by atoms with Crippen LogP contribution in [-0.2, 0) is 14.9 Å². The highest BCUT2D eigenvalue weighted by Gasteiger charge is 2.27. The lowest BCUT2D eigenvalue weighted by molar-refractivity contribution is -0.112.